The van der Waals surface area contributed by atoms with Gasteiger partial charge in [-0.25, -0.2) is 4.39 Å². The average molecular weight is 375 g/mol. The molecule has 2 rings (SSSR count). The molecule has 0 aliphatic heterocycles. The maximum Gasteiger partial charge on any atom is 0.175 e. The quantitative estimate of drug-likeness (QED) is 0.849. The fraction of sp³-hybridized carbons (Fsp3) is 0.200. The van der Waals surface area contributed by atoms with Crippen LogP contribution in [0.1, 0.15) is 11.1 Å². The van der Waals surface area contributed by atoms with Crippen LogP contribution in [0.4, 0.5) is 4.39 Å². The van der Waals surface area contributed by atoms with Gasteiger partial charge in [0.2, 0.25) is 0 Å². The van der Waals surface area contributed by atoms with E-state index in [0.717, 1.165) is 10.0 Å². The van der Waals surface area contributed by atoms with Crippen molar-refractivity contribution in [1.82, 2.24) is 0 Å². The topological polar surface area (TPSA) is 44.5 Å². The predicted molar refractivity (Wildman–Crippen MR) is 84.3 cm³/mol. The van der Waals surface area contributed by atoms with E-state index in [1.165, 1.54) is 6.07 Å². The summed E-state index contributed by atoms with van der Waals surface area (Å²) in [5, 5.41) is 0.0613. The second-order valence-electron chi connectivity index (χ2n) is 4.31. The molecule has 0 saturated carbocycles. The van der Waals surface area contributed by atoms with Crippen LogP contribution in [0.5, 0.6) is 11.5 Å². The van der Waals surface area contributed by atoms with Crippen molar-refractivity contribution in [2.24, 2.45) is 5.73 Å². The normalized spacial score (nSPS) is 10.5. The van der Waals surface area contributed by atoms with Crippen LogP contribution < -0.4 is 15.2 Å². The van der Waals surface area contributed by atoms with E-state index in [1.54, 1.807) is 25.3 Å². The Balaban J connectivity index is 2.25. The molecule has 0 amide bonds. The third-order valence-corrected chi connectivity index (χ3v) is 3.94. The molecular weight excluding hydrogens is 361 g/mol. The Morgan fingerprint density at radius 1 is 1.33 bits per heavy atom. The van der Waals surface area contributed by atoms with Crippen molar-refractivity contribution in [2.75, 3.05) is 7.11 Å². The molecule has 2 N–H and O–H groups in total. The Labute approximate surface area is 135 Å². The first-order valence-corrected chi connectivity index (χ1v) is 7.36. The van der Waals surface area contributed by atoms with Gasteiger partial charge >= 0.3 is 0 Å². The Kier molecular flexibility index (Phi) is 5.45. The first-order chi connectivity index (χ1) is 10.1. The molecule has 0 atom stereocenters. The van der Waals surface area contributed by atoms with Crippen LogP contribution in [0.15, 0.2) is 34.8 Å². The van der Waals surface area contributed by atoms with Crippen LogP contribution in [-0.4, -0.2) is 7.11 Å². The summed E-state index contributed by atoms with van der Waals surface area (Å²) < 4.78 is 25.1. The molecule has 0 aromatic heterocycles. The summed E-state index contributed by atoms with van der Waals surface area (Å²) in [5.74, 6) is 0.606. The van der Waals surface area contributed by atoms with E-state index in [9.17, 15) is 4.39 Å². The van der Waals surface area contributed by atoms with Crippen LogP contribution in [-0.2, 0) is 13.2 Å². The van der Waals surface area contributed by atoms with Crippen LogP contribution in [0, 0.1) is 5.82 Å². The van der Waals surface area contributed by atoms with Crippen molar-refractivity contribution in [2.45, 2.75) is 13.2 Å². The van der Waals surface area contributed by atoms with E-state index < -0.39 is 5.82 Å². The highest BCUT2D eigenvalue weighted by Crippen LogP contribution is 2.37. The van der Waals surface area contributed by atoms with Crippen LogP contribution >= 0.6 is 27.5 Å². The molecule has 6 heteroatoms. The summed E-state index contributed by atoms with van der Waals surface area (Å²) in [5.41, 5.74) is 7.09. The van der Waals surface area contributed by atoms with Crippen LogP contribution in [0.3, 0.4) is 0 Å². The molecule has 112 valence electrons. The SMILES string of the molecule is COc1cc(CN)cc(Br)c1OCc1cccc(F)c1Cl. The zero-order valence-electron chi connectivity index (χ0n) is 11.3. The molecule has 0 radical (unpaired) electrons. The lowest BCUT2D eigenvalue weighted by Crippen LogP contribution is -2.02. The summed E-state index contributed by atoms with van der Waals surface area (Å²) in [7, 11) is 1.55. The first kappa shape index (κ1) is 16.1. The summed E-state index contributed by atoms with van der Waals surface area (Å²) in [6.45, 7) is 0.526. The number of ether oxygens (including phenoxy) is 2. The lowest BCUT2D eigenvalue weighted by Gasteiger charge is -2.14. The maximum atomic E-state index is 13.4. The number of benzene rings is 2. The highest BCUT2D eigenvalue weighted by atomic mass is 79.9. The van der Waals surface area contributed by atoms with E-state index >= 15 is 0 Å². The van der Waals surface area contributed by atoms with Gasteiger partial charge in [-0.2, -0.15) is 0 Å². The van der Waals surface area contributed by atoms with E-state index in [-0.39, 0.29) is 11.6 Å². The number of halogens is 3. The summed E-state index contributed by atoms with van der Waals surface area (Å²) >= 11 is 9.32. The van der Waals surface area contributed by atoms with Crippen molar-refractivity contribution in [1.29, 1.82) is 0 Å². The molecule has 21 heavy (non-hydrogen) atoms. The van der Waals surface area contributed by atoms with Crippen molar-refractivity contribution in [3.63, 3.8) is 0 Å². The Bertz CT molecular complexity index is 652. The number of nitrogens with two attached hydrogens (primary N) is 1. The molecule has 0 spiro atoms. The smallest absolute Gasteiger partial charge is 0.175 e. The molecule has 0 saturated heterocycles. The highest BCUT2D eigenvalue weighted by molar-refractivity contribution is 9.10. The molecule has 0 bridgehead atoms. The zero-order valence-corrected chi connectivity index (χ0v) is 13.7. The minimum Gasteiger partial charge on any atom is -0.493 e. The minimum absolute atomic E-state index is 0.0613. The molecule has 2 aromatic carbocycles. The van der Waals surface area contributed by atoms with Gasteiger partial charge in [-0.1, -0.05) is 23.7 Å². The largest absolute Gasteiger partial charge is 0.493 e. The summed E-state index contributed by atoms with van der Waals surface area (Å²) in [6.07, 6.45) is 0. The van der Waals surface area contributed by atoms with Crippen molar-refractivity contribution in [3.8, 4) is 11.5 Å². The number of hydrogen-bond acceptors (Lipinski definition) is 3. The first-order valence-electron chi connectivity index (χ1n) is 6.19. The summed E-state index contributed by atoms with van der Waals surface area (Å²) in [4.78, 5) is 0. The monoisotopic (exact) mass is 373 g/mol. The van der Waals surface area contributed by atoms with Crippen molar-refractivity contribution >= 4 is 27.5 Å². The molecule has 0 fully saturated rings. The van der Waals surface area contributed by atoms with Gasteiger partial charge in [-0.15, -0.1) is 0 Å². The molecule has 3 nitrogen and oxygen atoms in total. The predicted octanol–water partition coefficient (Wildman–Crippen LogP) is 4.29. The second kappa shape index (κ2) is 7.11. The molecule has 2 aromatic rings. The Hall–Kier alpha value is -1.30. The Morgan fingerprint density at radius 2 is 2.10 bits per heavy atom. The third-order valence-electron chi connectivity index (χ3n) is 2.93. The molecular formula is C15H14BrClFNO2. The van der Waals surface area contributed by atoms with Gasteiger partial charge in [0.1, 0.15) is 12.4 Å². The van der Waals surface area contributed by atoms with Gasteiger partial charge in [0.25, 0.3) is 0 Å². The number of rotatable bonds is 5. The maximum absolute atomic E-state index is 13.4. The van der Waals surface area contributed by atoms with Gasteiger partial charge < -0.3 is 15.2 Å². The second-order valence-corrected chi connectivity index (χ2v) is 5.55. The Morgan fingerprint density at radius 3 is 2.76 bits per heavy atom. The number of hydrogen-bond donors (Lipinski definition) is 1. The van der Waals surface area contributed by atoms with Gasteiger partial charge in [0.05, 0.1) is 16.6 Å². The van der Waals surface area contributed by atoms with Crippen LogP contribution in [0.2, 0.25) is 5.02 Å². The highest BCUT2D eigenvalue weighted by Gasteiger charge is 2.13. The molecule has 0 heterocycles. The fourth-order valence-electron chi connectivity index (χ4n) is 1.84. The van der Waals surface area contributed by atoms with Gasteiger partial charge in [0, 0.05) is 12.1 Å². The molecule has 0 aliphatic carbocycles. The van der Waals surface area contributed by atoms with Gasteiger partial charge in [0.15, 0.2) is 11.5 Å². The lowest BCUT2D eigenvalue weighted by molar-refractivity contribution is 0.282. The lowest BCUT2D eigenvalue weighted by atomic mass is 10.2. The standard InChI is InChI=1S/C15H14BrClFNO2/c1-20-13-6-9(7-19)5-11(16)15(13)21-8-10-3-2-4-12(18)14(10)17/h2-6H,7-8,19H2,1H3. The van der Waals surface area contributed by atoms with E-state index in [0.29, 0.717) is 23.6 Å². The zero-order chi connectivity index (χ0) is 15.4. The van der Waals surface area contributed by atoms with E-state index in [2.05, 4.69) is 15.9 Å². The van der Waals surface area contributed by atoms with E-state index in [1.807, 2.05) is 6.07 Å². The minimum atomic E-state index is -0.470. The molecule has 0 aliphatic rings. The van der Waals surface area contributed by atoms with Gasteiger partial charge in [-0.3, -0.25) is 0 Å². The third kappa shape index (κ3) is 3.67. The van der Waals surface area contributed by atoms with Crippen LogP contribution in [0.25, 0.3) is 0 Å². The van der Waals surface area contributed by atoms with Crippen molar-refractivity contribution in [3.05, 3.63) is 56.8 Å². The van der Waals surface area contributed by atoms with Crippen molar-refractivity contribution < 1.29 is 13.9 Å². The van der Waals surface area contributed by atoms with Gasteiger partial charge in [-0.05, 0) is 39.7 Å². The number of methoxy groups -OCH3 is 1. The summed E-state index contributed by atoms with van der Waals surface area (Å²) in [6, 6.07) is 8.25. The van der Waals surface area contributed by atoms with E-state index in [4.69, 9.17) is 26.8 Å². The average Bonchev–Trinajstić information content (AvgIpc) is 2.49. The molecule has 0 unspecified atom stereocenters. The fourth-order valence-corrected chi connectivity index (χ4v) is 2.63.